The first-order valence-electron chi connectivity index (χ1n) is 4.03. The van der Waals surface area contributed by atoms with Gasteiger partial charge in [-0.1, -0.05) is 0 Å². The van der Waals surface area contributed by atoms with Crippen molar-refractivity contribution in [2.24, 2.45) is 0 Å². The van der Waals surface area contributed by atoms with Gasteiger partial charge in [-0.3, -0.25) is 4.79 Å². The van der Waals surface area contributed by atoms with E-state index >= 15 is 0 Å². The lowest BCUT2D eigenvalue weighted by molar-refractivity contribution is 0.0959. The van der Waals surface area contributed by atoms with E-state index in [1.807, 2.05) is 6.07 Å². The lowest BCUT2D eigenvalue weighted by atomic mass is 10.4. The first kappa shape index (κ1) is 8.96. The highest BCUT2D eigenvalue weighted by atomic mass is 32.1. The molecule has 0 aliphatic heterocycles. The SMILES string of the molecule is CNC(=O)c1csc(-c2ccco2)n1. The van der Waals surface area contributed by atoms with E-state index in [2.05, 4.69) is 10.3 Å². The summed E-state index contributed by atoms with van der Waals surface area (Å²) in [5, 5.41) is 4.94. The molecule has 0 unspecified atom stereocenters. The van der Waals surface area contributed by atoms with Crippen molar-refractivity contribution in [3.63, 3.8) is 0 Å². The lowest BCUT2D eigenvalue weighted by Gasteiger charge is -1.91. The van der Waals surface area contributed by atoms with E-state index in [1.54, 1.807) is 24.8 Å². The monoisotopic (exact) mass is 208 g/mol. The maximum absolute atomic E-state index is 11.2. The standard InChI is InChI=1S/C9H8N2O2S/c1-10-8(12)6-5-14-9(11-6)7-3-2-4-13-7/h2-5H,1H3,(H,10,12). The van der Waals surface area contributed by atoms with E-state index in [1.165, 1.54) is 11.3 Å². The third kappa shape index (κ3) is 1.54. The second-order valence-corrected chi connectivity index (χ2v) is 3.45. The third-order valence-corrected chi connectivity index (χ3v) is 2.55. The molecule has 0 spiro atoms. The molecule has 0 fully saturated rings. The molecule has 1 N–H and O–H groups in total. The summed E-state index contributed by atoms with van der Waals surface area (Å²) in [6.07, 6.45) is 1.58. The van der Waals surface area contributed by atoms with Gasteiger partial charge >= 0.3 is 0 Å². The number of nitrogens with zero attached hydrogens (tertiary/aromatic N) is 1. The molecular weight excluding hydrogens is 200 g/mol. The van der Waals surface area contributed by atoms with Crippen LogP contribution in [0.3, 0.4) is 0 Å². The Balaban J connectivity index is 2.31. The van der Waals surface area contributed by atoms with Crippen LogP contribution in [0.4, 0.5) is 0 Å². The summed E-state index contributed by atoms with van der Waals surface area (Å²) in [7, 11) is 1.58. The van der Waals surface area contributed by atoms with Crippen LogP contribution in [-0.2, 0) is 0 Å². The molecule has 0 bridgehead atoms. The molecule has 2 heterocycles. The quantitative estimate of drug-likeness (QED) is 0.818. The van der Waals surface area contributed by atoms with Crippen molar-refractivity contribution in [1.82, 2.24) is 10.3 Å². The molecule has 0 saturated carbocycles. The Morgan fingerprint density at radius 3 is 3.14 bits per heavy atom. The van der Waals surface area contributed by atoms with E-state index in [0.29, 0.717) is 16.5 Å². The van der Waals surface area contributed by atoms with E-state index < -0.39 is 0 Å². The molecule has 2 rings (SSSR count). The fourth-order valence-electron chi connectivity index (χ4n) is 1.02. The summed E-state index contributed by atoms with van der Waals surface area (Å²) in [4.78, 5) is 15.3. The number of carbonyl (C=O) groups is 1. The van der Waals surface area contributed by atoms with Crippen molar-refractivity contribution in [2.45, 2.75) is 0 Å². The maximum atomic E-state index is 11.2. The molecule has 14 heavy (non-hydrogen) atoms. The van der Waals surface area contributed by atoms with Crippen LogP contribution in [-0.4, -0.2) is 17.9 Å². The molecule has 1 amide bonds. The Morgan fingerprint density at radius 1 is 1.64 bits per heavy atom. The largest absolute Gasteiger partial charge is 0.462 e. The fraction of sp³-hybridized carbons (Fsp3) is 0.111. The van der Waals surface area contributed by atoms with Gasteiger partial charge in [-0.25, -0.2) is 4.98 Å². The number of nitrogens with one attached hydrogen (secondary N) is 1. The van der Waals surface area contributed by atoms with Gasteiger partial charge in [-0.2, -0.15) is 0 Å². The molecule has 0 aliphatic carbocycles. The van der Waals surface area contributed by atoms with Gasteiger partial charge in [-0.05, 0) is 12.1 Å². The number of furan rings is 1. The van der Waals surface area contributed by atoms with E-state index in [-0.39, 0.29) is 5.91 Å². The summed E-state index contributed by atoms with van der Waals surface area (Å²) in [6, 6.07) is 3.60. The Morgan fingerprint density at radius 2 is 2.50 bits per heavy atom. The summed E-state index contributed by atoms with van der Waals surface area (Å²) < 4.78 is 5.16. The predicted octanol–water partition coefficient (Wildman–Crippen LogP) is 1.76. The van der Waals surface area contributed by atoms with Crippen LogP contribution in [0.2, 0.25) is 0 Å². The number of thiazole rings is 1. The zero-order valence-electron chi connectivity index (χ0n) is 7.48. The Labute approximate surface area is 84.6 Å². The molecule has 0 aromatic carbocycles. The molecule has 0 saturated heterocycles. The second kappa shape index (κ2) is 3.63. The van der Waals surface area contributed by atoms with Crippen molar-refractivity contribution in [2.75, 3.05) is 7.05 Å². The summed E-state index contributed by atoms with van der Waals surface area (Å²) >= 11 is 1.39. The summed E-state index contributed by atoms with van der Waals surface area (Å²) in [5.74, 6) is 0.504. The Bertz CT molecular complexity index is 433. The molecule has 2 aromatic heterocycles. The van der Waals surface area contributed by atoms with Crippen molar-refractivity contribution in [3.05, 3.63) is 29.5 Å². The zero-order valence-corrected chi connectivity index (χ0v) is 8.30. The fourth-order valence-corrected chi connectivity index (χ4v) is 1.79. The summed E-state index contributed by atoms with van der Waals surface area (Å²) in [5.41, 5.74) is 0.420. The van der Waals surface area contributed by atoms with Crippen molar-refractivity contribution in [3.8, 4) is 10.8 Å². The van der Waals surface area contributed by atoms with Gasteiger partial charge in [0.25, 0.3) is 5.91 Å². The number of carbonyl (C=O) groups excluding carboxylic acids is 1. The zero-order chi connectivity index (χ0) is 9.97. The van der Waals surface area contributed by atoms with Gasteiger partial charge in [0.15, 0.2) is 10.8 Å². The van der Waals surface area contributed by atoms with Gasteiger partial charge in [0.05, 0.1) is 6.26 Å². The van der Waals surface area contributed by atoms with Crippen molar-refractivity contribution < 1.29 is 9.21 Å². The Kier molecular flexibility index (Phi) is 2.32. The minimum atomic E-state index is -0.181. The highest BCUT2D eigenvalue weighted by Gasteiger charge is 2.11. The van der Waals surface area contributed by atoms with Crippen LogP contribution < -0.4 is 5.32 Å². The van der Waals surface area contributed by atoms with E-state index in [9.17, 15) is 4.79 Å². The highest BCUT2D eigenvalue weighted by Crippen LogP contribution is 2.23. The topological polar surface area (TPSA) is 55.1 Å². The van der Waals surface area contributed by atoms with Crippen LogP contribution >= 0.6 is 11.3 Å². The molecule has 5 heteroatoms. The number of hydrogen-bond acceptors (Lipinski definition) is 4. The molecule has 2 aromatic rings. The Hall–Kier alpha value is -1.62. The van der Waals surface area contributed by atoms with Crippen LogP contribution in [0.25, 0.3) is 10.8 Å². The average molecular weight is 208 g/mol. The minimum Gasteiger partial charge on any atom is -0.462 e. The summed E-state index contributed by atoms with van der Waals surface area (Å²) in [6.45, 7) is 0. The molecular formula is C9H8N2O2S. The number of aromatic nitrogens is 1. The van der Waals surface area contributed by atoms with E-state index in [4.69, 9.17) is 4.42 Å². The third-order valence-electron chi connectivity index (χ3n) is 1.70. The highest BCUT2D eigenvalue weighted by molar-refractivity contribution is 7.13. The van der Waals surface area contributed by atoms with Gasteiger partial charge in [-0.15, -0.1) is 11.3 Å². The lowest BCUT2D eigenvalue weighted by Crippen LogP contribution is -2.17. The first-order valence-corrected chi connectivity index (χ1v) is 4.90. The smallest absolute Gasteiger partial charge is 0.270 e. The van der Waals surface area contributed by atoms with Crippen LogP contribution in [0.5, 0.6) is 0 Å². The number of amides is 1. The molecule has 4 nitrogen and oxygen atoms in total. The number of hydrogen-bond donors (Lipinski definition) is 1. The van der Waals surface area contributed by atoms with Gasteiger partial charge in [0.2, 0.25) is 0 Å². The van der Waals surface area contributed by atoms with Gasteiger partial charge in [0, 0.05) is 12.4 Å². The number of rotatable bonds is 2. The minimum absolute atomic E-state index is 0.181. The van der Waals surface area contributed by atoms with Crippen LogP contribution in [0.15, 0.2) is 28.2 Å². The van der Waals surface area contributed by atoms with Crippen molar-refractivity contribution in [1.29, 1.82) is 0 Å². The van der Waals surface area contributed by atoms with Crippen LogP contribution in [0, 0.1) is 0 Å². The normalized spacial score (nSPS) is 10.1. The maximum Gasteiger partial charge on any atom is 0.270 e. The van der Waals surface area contributed by atoms with Crippen molar-refractivity contribution >= 4 is 17.2 Å². The molecule has 0 atom stereocenters. The van der Waals surface area contributed by atoms with Crippen LogP contribution in [0.1, 0.15) is 10.5 Å². The average Bonchev–Trinajstić information content (AvgIpc) is 2.86. The molecule has 72 valence electrons. The molecule has 0 aliphatic rings. The molecule has 0 radical (unpaired) electrons. The van der Waals surface area contributed by atoms with Gasteiger partial charge < -0.3 is 9.73 Å². The first-order chi connectivity index (χ1) is 6.81. The second-order valence-electron chi connectivity index (χ2n) is 2.59. The predicted molar refractivity (Wildman–Crippen MR) is 53.2 cm³/mol. The van der Waals surface area contributed by atoms with Gasteiger partial charge in [0.1, 0.15) is 5.69 Å². The van der Waals surface area contributed by atoms with E-state index in [0.717, 1.165) is 0 Å².